The number of rotatable bonds is 0. The van der Waals surface area contributed by atoms with Crippen molar-refractivity contribution in [1.82, 2.24) is 0 Å². The van der Waals surface area contributed by atoms with Gasteiger partial charge < -0.3 is 9.47 Å². The van der Waals surface area contributed by atoms with Crippen LogP contribution >= 0.6 is 0 Å². The fourth-order valence-corrected chi connectivity index (χ4v) is 1.20. The SMILES string of the molecule is C.C.C1CCOC1.C1CCOCC1. The summed E-state index contributed by atoms with van der Waals surface area (Å²) in [6, 6.07) is 0. The fourth-order valence-electron chi connectivity index (χ4n) is 1.20. The molecule has 82 valence electrons. The molecule has 0 aromatic carbocycles. The largest absolute Gasteiger partial charge is 0.381 e. The van der Waals surface area contributed by atoms with Gasteiger partial charge in [-0.3, -0.25) is 0 Å². The molecule has 0 saturated carbocycles. The highest BCUT2D eigenvalue weighted by Crippen LogP contribution is 2.02. The highest BCUT2D eigenvalue weighted by molar-refractivity contribution is 4.45. The monoisotopic (exact) mass is 190 g/mol. The van der Waals surface area contributed by atoms with Crippen LogP contribution in [0.2, 0.25) is 0 Å². The summed E-state index contributed by atoms with van der Waals surface area (Å²) < 4.78 is 10.0. The summed E-state index contributed by atoms with van der Waals surface area (Å²) in [5, 5.41) is 0. The summed E-state index contributed by atoms with van der Waals surface area (Å²) in [4.78, 5) is 0. The maximum atomic E-state index is 5.07. The van der Waals surface area contributed by atoms with Gasteiger partial charge in [-0.2, -0.15) is 0 Å². The second kappa shape index (κ2) is 11.9. The Bertz CT molecular complexity index is 57.0. The van der Waals surface area contributed by atoms with E-state index in [-0.39, 0.29) is 14.9 Å². The zero-order valence-corrected chi connectivity index (χ0v) is 7.18. The normalized spacial score (nSPS) is 20.3. The molecule has 2 saturated heterocycles. The van der Waals surface area contributed by atoms with Gasteiger partial charge in [0.05, 0.1) is 0 Å². The minimum absolute atomic E-state index is 0. The lowest BCUT2D eigenvalue weighted by Gasteiger charge is -2.08. The van der Waals surface area contributed by atoms with Crippen LogP contribution in [0.3, 0.4) is 0 Å². The average Bonchev–Trinajstić information content (AvgIpc) is 2.64. The van der Waals surface area contributed by atoms with Crippen LogP contribution in [0.1, 0.15) is 47.0 Å². The lowest BCUT2D eigenvalue weighted by atomic mass is 10.2. The molecule has 0 spiro atoms. The molecule has 2 aliphatic rings. The maximum absolute atomic E-state index is 5.07. The van der Waals surface area contributed by atoms with Crippen LogP contribution in [0.5, 0.6) is 0 Å². The van der Waals surface area contributed by atoms with E-state index in [2.05, 4.69) is 0 Å². The molecule has 2 heteroatoms. The molecule has 0 N–H and O–H groups in total. The van der Waals surface area contributed by atoms with Crippen molar-refractivity contribution in [3.05, 3.63) is 0 Å². The van der Waals surface area contributed by atoms with Crippen LogP contribution in [0.15, 0.2) is 0 Å². The zero-order valence-electron chi connectivity index (χ0n) is 7.18. The van der Waals surface area contributed by atoms with Crippen LogP contribution in [-0.2, 0) is 9.47 Å². The average molecular weight is 190 g/mol. The van der Waals surface area contributed by atoms with Crippen molar-refractivity contribution in [1.29, 1.82) is 0 Å². The van der Waals surface area contributed by atoms with E-state index in [1.54, 1.807) is 0 Å². The van der Waals surface area contributed by atoms with E-state index in [9.17, 15) is 0 Å². The highest BCUT2D eigenvalue weighted by atomic mass is 16.5. The fraction of sp³-hybridized carbons (Fsp3) is 1.00. The van der Waals surface area contributed by atoms with Crippen molar-refractivity contribution in [2.24, 2.45) is 0 Å². The summed E-state index contributed by atoms with van der Waals surface area (Å²) in [5.41, 5.74) is 0. The van der Waals surface area contributed by atoms with Gasteiger partial charge in [0.15, 0.2) is 0 Å². The maximum Gasteiger partial charge on any atom is 0.0466 e. The topological polar surface area (TPSA) is 18.5 Å². The van der Waals surface area contributed by atoms with E-state index in [4.69, 9.17) is 9.47 Å². The summed E-state index contributed by atoms with van der Waals surface area (Å²) in [5.74, 6) is 0. The van der Waals surface area contributed by atoms with Crippen LogP contribution in [0.25, 0.3) is 0 Å². The predicted molar refractivity (Wildman–Crippen MR) is 58.2 cm³/mol. The van der Waals surface area contributed by atoms with Crippen molar-refractivity contribution >= 4 is 0 Å². The van der Waals surface area contributed by atoms with E-state index in [0.29, 0.717) is 0 Å². The number of hydrogen-bond acceptors (Lipinski definition) is 2. The first-order valence-corrected chi connectivity index (χ1v) is 4.65. The van der Waals surface area contributed by atoms with Crippen LogP contribution < -0.4 is 0 Å². The van der Waals surface area contributed by atoms with Crippen LogP contribution in [0.4, 0.5) is 0 Å². The predicted octanol–water partition coefficient (Wildman–Crippen LogP) is 3.26. The smallest absolute Gasteiger partial charge is 0.0466 e. The van der Waals surface area contributed by atoms with Crippen molar-refractivity contribution in [3.63, 3.8) is 0 Å². The van der Waals surface area contributed by atoms with Gasteiger partial charge in [-0.1, -0.05) is 14.9 Å². The Kier molecular flexibility index (Phi) is 14.1. The molecule has 0 aliphatic carbocycles. The summed E-state index contributed by atoms with van der Waals surface area (Å²) in [6.07, 6.45) is 6.49. The van der Waals surface area contributed by atoms with Crippen LogP contribution in [0, 0.1) is 0 Å². The second-order valence-electron chi connectivity index (χ2n) is 2.99. The number of hydrogen-bond donors (Lipinski definition) is 0. The first-order chi connectivity index (χ1) is 5.50. The third-order valence-electron chi connectivity index (χ3n) is 1.90. The molecule has 0 radical (unpaired) electrons. The summed E-state index contributed by atoms with van der Waals surface area (Å²) >= 11 is 0. The van der Waals surface area contributed by atoms with Gasteiger partial charge in [0.25, 0.3) is 0 Å². The molecule has 2 rings (SSSR count). The minimum atomic E-state index is 0. The van der Waals surface area contributed by atoms with Gasteiger partial charge in [-0.15, -0.1) is 0 Å². The van der Waals surface area contributed by atoms with Gasteiger partial charge in [0, 0.05) is 26.4 Å². The molecular formula is C11H26O2. The Balaban J connectivity index is 0. The van der Waals surface area contributed by atoms with E-state index >= 15 is 0 Å². The van der Waals surface area contributed by atoms with Crippen LogP contribution in [-0.4, -0.2) is 26.4 Å². The Hall–Kier alpha value is -0.0800. The molecule has 0 aromatic heterocycles. The van der Waals surface area contributed by atoms with E-state index in [1.807, 2.05) is 0 Å². The second-order valence-corrected chi connectivity index (χ2v) is 2.99. The Morgan fingerprint density at radius 2 is 0.769 bits per heavy atom. The molecule has 0 atom stereocenters. The first-order valence-electron chi connectivity index (χ1n) is 4.65. The Morgan fingerprint density at radius 3 is 0.923 bits per heavy atom. The van der Waals surface area contributed by atoms with Crippen molar-refractivity contribution in [2.45, 2.75) is 47.0 Å². The quantitative estimate of drug-likeness (QED) is 0.583. The van der Waals surface area contributed by atoms with Gasteiger partial charge in [-0.05, 0) is 32.1 Å². The van der Waals surface area contributed by atoms with Gasteiger partial charge >= 0.3 is 0 Å². The lowest BCUT2D eigenvalue weighted by Crippen LogP contribution is -2.03. The van der Waals surface area contributed by atoms with Crippen molar-refractivity contribution in [2.75, 3.05) is 26.4 Å². The molecule has 2 fully saturated rings. The summed E-state index contributed by atoms with van der Waals surface area (Å²) in [7, 11) is 0. The zero-order chi connectivity index (χ0) is 7.78. The highest BCUT2D eigenvalue weighted by Gasteiger charge is 1.95. The molecule has 0 aromatic rings. The molecule has 2 heterocycles. The third-order valence-corrected chi connectivity index (χ3v) is 1.90. The molecule has 2 nitrogen and oxygen atoms in total. The van der Waals surface area contributed by atoms with Gasteiger partial charge in [-0.25, -0.2) is 0 Å². The van der Waals surface area contributed by atoms with Gasteiger partial charge in [0.2, 0.25) is 0 Å². The Morgan fingerprint density at radius 1 is 0.462 bits per heavy atom. The molecule has 2 aliphatic heterocycles. The van der Waals surface area contributed by atoms with E-state index in [0.717, 1.165) is 26.4 Å². The third kappa shape index (κ3) is 9.84. The van der Waals surface area contributed by atoms with Gasteiger partial charge in [0.1, 0.15) is 0 Å². The Labute approximate surface area is 83.6 Å². The lowest BCUT2D eigenvalue weighted by molar-refractivity contribution is 0.0968. The molecule has 0 unspecified atom stereocenters. The molecule has 0 amide bonds. The summed E-state index contributed by atoms with van der Waals surface area (Å²) in [6.45, 7) is 4.00. The minimum Gasteiger partial charge on any atom is -0.381 e. The number of ether oxygens (including phenoxy) is 2. The van der Waals surface area contributed by atoms with Crippen molar-refractivity contribution in [3.8, 4) is 0 Å². The molecular weight excluding hydrogens is 164 g/mol. The van der Waals surface area contributed by atoms with E-state index in [1.165, 1.54) is 32.1 Å². The van der Waals surface area contributed by atoms with Crippen molar-refractivity contribution < 1.29 is 9.47 Å². The standard InChI is InChI=1S/C5H10O.C4H8O.2CH4/c1-2-4-6-5-3-1;1-2-4-5-3-1;;/h1-5H2;1-4H2;2*1H4. The molecule has 13 heavy (non-hydrogen) atoms. The van der Waals surface area contributed by atoms with E-state index < -0.39 is 0 Å². The first kappa shape index (κ1) is 15.4. The molecule has 0 bridgehead atoms.